The van der Waals surface area contributed by atoms with Gasteiger partial charge in [0, 0.05) is 11.8 Å². The number of carbonyl (C=O) groups is 1. The molecule has 3 atom stereocenters. The molecule has 0 saturated heterocycles. The normalized spacial score (nSPS) is 33.1. The van der Waals surface area contributed by atoms with Gasteiger partial charge in [-0.3, -0.25) is 4.79 Å². The Hall–Kier alpha value is -1.57. The molecule has 2 aliphatic carbocycles. The van der Waals surface area contributed by atoms with Gasteiger partial charge in [-0.1, -0.05) is 37.8 Å². The third kappa shape index (κ3) is 1.18. The Labute approximate surface area is 101 Å². The number of rotatable bonds is 3. The van der Waals surface area contributed by atoms with Crippen molar-refractivity contribution in [3.8, 4) is 0 Å². The minimum atomic E-state index is -0.707. The topological polar surface area (TPSA) is 37.3 Å². The first-order valence-corrected chi connectivity index (χ1v) is 6.09. The van der Waals surface area contributed by atoms with Crippen LogP contribution in [0.25, 0.3) is 5.57 Å². The summed E-state index contributed by atoms with van der Waals surface area (Å²) in [5.41, 5.74) is 3.82. The van der Waals surface area contributed by atoms with Crippen molar-refractivity contribution in [2.75, 3.05) is 0 Å². The zero-order chi connectivity index (χ0) is 12.2. The SMILES string of the molecule is C=C1c2ccccc2C2C(C)C12CCC(=O)O. The van der Waals surface area contributed by atoms with E-state index >= 15 is 0 Å². The van der Waals surface area contributed by atoms with E-state index in [9.17, 15) is 4.79 Å². The molecule has 0 heterocycles. The third-order valence-corrected chi connectivity index (χ3v) is 4.69. The average Bonchev–Trinajstić information content (AvgIpc) is 2.81. The lowest BCUT2D eigenvalue weighted by Gasteiger charge is -2.16. The number of hydrogen-bond acceptors (Lipinski definition) is 1. The number of benzene rings is 1. The maximum atomic E-state index is 10.8. The summed E-state index contributed by atoms with van der Waals surface area (Å²) in [6, 6.07) is 8.37. The molecule has 0 amide bonds. The summed E-state index contributed by atoms with van der Waals surface area (Å²) >= 11 is 0. The highest BCUT2D eigenvalue weighted by Crippen LogP contribution is 2.77. The molecule has 0 bridgehead atoms. The lowest BCUT2D eigenvalue weighted by molar-refractivity contribution is -0.137. The van der Waals surface area contributed by atoms with Gasteiger partial charge in [-0.25, -0.2) is 0 Å². The molecular weight excluding hydrogens is 212 g/mol. The van der Waals surface area contributed by atoms with Gasteiger partial charge < -0.3 is 5.11 Å². The third-order valence-electron chi connectivity index (χ3n) is 4.69. The highest BCUT2D eigenvalue weighted by Gasteiger charge is 2.67. The summed E-state index contributed by atoms with van der Waals surface area (Å²) in [7, 11) is 0. The van der Waals surface area contributed by atoms with E-state index in [4.69, 9.17) is 5.11 Å². The summed E-state index contributed by atoms with van der Waals surface area (Å²) in [6.45, 7) is 6.44. The molecule has 88 valence electrons. The Bertz CT molecular complexity index is 517. The van der Waals surface area contributed by atoms with E-state index in [2.05, 4.69) is 31.7 Å². The fraction of sp³-hybridized carbons (Fsp3) is 0.400. The quantitative estimate of drug-likeness (QED) is 0.861. The van der Waals surface area contributed by atoms with E-state index < -0.39 is 5.97 Å². The van der Waals surface area contributed by atoms with Crippen molar-refractivity contribution in [1.82, 2.24) is 0 Å². The van der Waals surface area contributed by atoms with Crippen molar-refractivity contribution in [3.63, 3.8) is 0 Å². The first kappa shape index (κ1) is 10.6. The molecule has 2 aliphatic rings. The van der Waals surface area contributed by atoms with Crippen molar-refractivity contribution >= 4 is 11.5 Å². The maximum Gasteiger partial charge on any atom is 0.303 e. The van der Waals surface area contributed by atoms with Gasteiger partial charge in [-0.15, -0.1) is 0 Å². The summed E-state index contributed by atoms with van der Waals surface area (Å²) in [5.74, 6) is 0.343. The Morgan fingerprint density at radius 2 is 2.18 bits per heavy atom. The number of hydrogen-bond donors (Lipinski definition) is 1. The van der Waals surface area contributed by atoms with E-state index in [0.717, 1.165) is 12.0 Å². The van der Waals surface area contributed by atoms with Gasteiger partial charge in [-0.05, 0) is 35.0 Å². The molecule has 1 saturated carbocycles. The second-order valence-electron chi connectivity index (χ2n) is 5.27. The first-order valence-electron chi connectivity index (χ1n) is 6.09. The lowest BCUT2D eigenvalue weighted by atomic mass is 9.88. The zero-order valence-electron chi connectivity index (χ0n) is 9.94. The van der Waals surface area contributed by atoms with Gasteiger partial charge in [0.25, 0.3) is 0 Å². The summed E-state index contributed by atoms with van der Waals surface area (Å²) in [5, 5.41) is 8.87. The number of carboxylic acid groups (broad SMARTS) is 1. The molecule has 3 unspecified atom stereocenters. The largest absolute Gasteiger partial charge is 0.481 e. The van der Waals surface area contributed by atoms with Crippen molar-refractivity contribution in [2.24, 2.45) is 11.3 Å². The molecule has 0 aliphatic heterocycles. The second-order valence-corrected chi connectivity index (χ2v) is 5.27. The number of allylic oxidation sites excluding steroid dienone is 1. The van der Waals surface area contributed by atoms with Crippen LogP contribution in [0.15, 0.2) is 30.8 Å². The molecule has 0 radical (unpaired) electrons. The Morgan fingerprint density at radius 1 is 1.47 bits per heavy atom. The van der Waals surface area contributed by atoms with Crippen LogP contribution in [-0.2, 0) is 4.79 Å². The molecule has 17 heavy (non-hydrogen) atoms. The van der Waals surface area contributed by atoms with E-state index in [1.54, 1.807) is 0 Å². The van der Waals surface area contributed by atoms with Gasteiger partial charge in [0.05, 0.1) is 0 Å². The van der Waals surface area contributed by atoms with Gasteiger partial charge >= 0.3 is 5.97 Å². The van der Waals surface area contributed by atoms with Crippen molar-refractivity contribution in [3.05, 3.63) is 42.0 Å². The van der Waals surface area contributed by atoms with Gasteiger partial charge in [0.1, 0.15) is 0 Å². The van der Waals surface area contributed by atoms with E-state index in [-0.39, 0.29) is 11.8 Å². The number of carboxylic acids is 1. The number of fused-ring (bicyclic) bond motifs is 3. The van der Waals surface area contributed by atoms with Crippen LogP contribution >= 0.6 is 0 Å². The summed E-state index contributed by atoms with van der Waals surface area (Å²) in [4.78, 5) is 10.8. The highest BCUT2D eigenvalue weighted by atomic mass is 16.4. The van der Waals surface area contributed by atoms with Crippen LogP contribution in [-0.4, -0.2) is 11.1 Å². The fourth-order valence-electron chi connectivity index (χ4n) is 3.78. The molecule has 1 aromatic rings. The van der Waals surface area contributed by atoms with Crippen LogP contribution in [0.3, 0.4) is 0 Å². The van der Waals surface area contributed by atoms with E-state index in [1.165, 1.54) is 11.1 Å². The van der Waals surface area contributed by atoms with Crippen molar-refractivity contribution in [1.29, 1.82) is 0 Å². The zero-order valence-corrected chi connectivity index (χ0v) is 9.94. The van der Waals surface area contributed by atoms with Gasteiger partial charge in [0.15, 0.2) is 0 Å². The maximum absolute atomic E-state index is 10.8. The Morgan fingerprint density at radius 3 is 2.88 bits per heavy atom. The predicted molar refractivity (Wildman–Crippen MR) is 66.7 cm³/mol. The van der Waals surface area contributed by atoms with Gasteiger partial charge in [0.2, 0.25) is 0 Å². The molecule has 1 aromatic carbocycles. The molecule has 3 rings (SSSR count). The van der Waals surface area contributed by atoms with Crippen LogP contribution in [0.5, 0.6) is 0 Å². The monoisotopic (exact) mass is 228 g/mol. The lowest BCUT2D eigenvalue weighted by Crippen LogP contribution is -2.07. The highest BCUT2D eigenvalue weighted by molar-refractivity contribution is 5.83. The summed E-state index contributed by atoms with van der Waals surface area (Å²) < 4.78 is 0. The van der Waals surface area contributed by atoms with Crippen molar-refractivity contribution in [2.45, 2.75) is 25.7 Å². The molecule has 2 heteroatoms. The van der Waals surface area contributed by atoms with Crippen LogP contribution in [0.4, 0.5) is 0 Å². The fourth-order valence-corrected chi connectivity index (χ4v) is 3.78. The standard InChI is InChI=1S/C15H16O2/c1-9-11-5-3-4-6-12(11)14-10(2)15(9,14)8-7-13(16)17/h3-6,10,14H,1,7-8H2,2H3,(H,16,17). The van der Waals surface area contributed by atoms with E-state index in [1.807, 2.05) is 6.07 Å². The predicted octanol–water partition coefficient (Wildman–Crippen LogP) is 3.30. The molecular formula is C15H16O2. The number of aliphatic carboxylic acids is 1. The Balaban J connectivity index is 1.96. The molecule has 1 N–H and O–H groups in total. The molecule has 1 fully saturated rings. The second kappa shape index (κ2) is 3.22. The van der Waals surface area contributed by atoms with Crippen LogP contribution in [0.1, 0.15) is 36.8 Å². The van der Waals surface area contributed by atoms with Crippen LogP contribution < -0.4 is 0 Å². The molecule has 0 aromatic heterocycles. The van der Waals surface area contributed by atoms with Gasteiger partial charge in [-0.2, -0.15) is 0 Å². The smallest absolute Gasteiger partial charge is 0.303 e. The van der Waals surface area contributed by atoms with E-state index in [0.29, 0.717) is 11.8 Å². The minimum Gasteiger partial charge on any atom is -0.481 e. The Kier molecular flexibility index (Phi) is 2.00. The molecule has 0 spiro atoms. The molecule has 2 nitrogen and oxygen atoms in total. The minimum absolute atomic E-state index is 0.0437. The first-order chi connectivity index (χ1) is 8.09. The summed E-state index contributed by atoms with van der Waals surface area (Å²) in [6.07, 6.45) is 0.968. The average molecular weight is 228 g/mol. The van der Waals surface area contributed by atoms with Crippen LogP contribution in [0.2, 0.25) is 0 Å². The van der Waals surface area contributed by atoms with Crippen molar-refractivity contribution < 1.29 is 9.90 Å². The van der Waals surface area contributed by atoms with Crippen LogP contribution in [0, 0.1) is 11.3 Å².